The highest BCUT2D eigenvalue weighted by atomic mass is 32.1. The SMILES string of the molecule is O=C(NCCN1CCOCC1)c1cn2ccsc2n1. The van der Waals surface area contributed by atoms with Crippen LogP contribution in [0.5, 0.6) is 0 Å². The molecule has 1 amide bonds. The van der Waals surface area contributed by atoms with Crippen molar-refractivity contribution in [2.24, 2.45) is 0 Å². The van der Waals surface area contributed by atoms with Crippen molar-refractivity contribution in [3.05, 3.63) is 23.5 Å². The van der Waals surface area contributed by atoms with Crippen LogP contribution in [0.25, 0.3) is 4.96 Å². The van der Waals surface area contributed by atoms with Gasteiger partial charge in [-0.05, 0) is 0 Å². The zero-order chi connectivity index (χ0) is 13.1. The Kier molecular flexibility index (Phi) is 3.77. The summed E-state index contributed by atoms with van der Waals surface area (Å²) < 4.78 is 7.14. The number of aromatic nitrogens is 2. The van der Waals surface area contributed by atoms with Crippen molar-refractivity contribution in [2.45, 2.75) is 0 Å². The Bertz CT molecular complexity index is 530. The first-order valence-electron chi connectivity index (χ1n) is 6.33. The topological polar surface area (TPSA) is 58.9 Å². The summed E-state index contributed by atoms with van der Waals surface area (Å²) in [4.78, 5) is 19.3. The third kappa shape index (κ3) is 2.94. The Labute approximate surface area is 115 Å². The van der Waals surface area contributed by atoms with E-state index in [0.29, 0.717) is 12.2 Å². The zero-order valence-electron chi connectivity index (χ0n) is 10.5. The van der Waals surface area contributed by atoms with Gasteiger partial charge in [-0.25, -0.2) is 4.98 Å². The molecule has 102 valence electrons. The second-order valence-corrected chi connectivity index (χ2v) is 5.30. The van der Waals surface area contributed by atoms with Gasteiger partial charge in [-0.15, -0.1) is 11.3 Å². The molecule has 0 radical (unpaired) electrons. The van der Waals surface area contributed by atoms with Crippen LogP contribution < -0.4 is 5.32 Å². The predicted octanol–water partition coefficient (Wildman–Crippen LogP) is 0.458. The summed E-state index contributed by atoms with van der Waals surface area (Å²) in [5.41, 5.74) is 0.480. The molecule has 3 rings (SSSR count). The van der Waals surface area contributed by atoms with Crippen molar-refractivity contribution >= 4 is 22.2 Å². The first-order valence-corrected chi connectivity index (χ1v) is 7.21. The molecule has 1 aliphatic heterocycles. The number of carbonyl (C=O) groups excluding carboxylic acids is 1. The van der Waals surface area contributed by atoms with Crippen LogP contribution >= 0.6 is 11.3 Å². The van der Waals surface area contributed by atoms with Gasteiger partial charge in [0.2, 0.25) is 0 Å². The monoisotopic (exact) mass is 280 g/mol. The van der Waals surface area contributed by atoms with Gasteiger partial charge in [-0.2, -0.15) is 0 Å². The molecule has 2 aromatic rings. The highest BCUT2D eigenvalue weighted by Gasteiger charge is 2.13. The van der Waals surface area contributed by atoms with Crippen LogP contribution in [0.2, 0.25) is 0 Å². The molecule has 6 nitrogen and oxygen atoms in total. The number of nitrogens with zero attached hydrogens (tertiary/aromatic N) is 3. The van der Waals surface area contributed by atoms with Crippen molar-refractivity contribution in [1.29, 1.82) is 0 Å². The van der Waals surface area contributed by atoms with Crippen LogP contribution in [0.1, 0.15) is 10.5 Å². The Morgan fingerprint density at radius 1 is 1.47 bits per heavy atom. The van der Waals surface area contributed by atoms with E-state index < -0.39 is 0 Å². The summed E-state index contributed by atoms with van der Waals surface area (Å²) >= 11 is 1.52. The summed E-state index contributed by atoms with van der Waals surface area (Å²) in [6, 6.07) is 0. The number of hydrogen-bond donors (Lipinski definition) is 1. The van der Waals surface area contributed by atoms with Crippen molar-refractivity contribution in [1.82, 2.24) is 19.6 Å². The molecule has 1 N–H and O–H groups in total. The molecule has 0 unspecified atom stereocenters. The molecule has 3 heterocycles. The molecule has 2 aromatic heterocycles. The molecule has 0 atom stereocenters. The average molecular weight is 280 g/mol. The fourth-order valence-corrected chi connectivity index (χ4v) is 2.78. The van der Waals surface area contributed by atoms with Gasteiger partial charge in [0.1, 0.15) is 5.69 Å². The van der Waals surface area contributed by atoms with Crippen LogP contribution in [0.4, 0.5) is 0 Å². The molecule has 0 bridgehead atoms. The first-order chi connectivity index (χ1) is 9.33. The van der Waals surface area contributed by atoms with Gasteiger partial charge in [0.25, 0.3) is 5.91 Å². The molecule has 0 saturated carbocycles. The molecule has 19 heavy (non-hydrogen) atoms. The van der Waals surface area contributed by atoms with E-state index in [4.69, 9.17) is 4.74 Å². The van der Waals surface area contributed by atoms with E-state index >= 15 is 0 Å². The smallest absolute Gasteiger partial charge is 0.271 e. The fraction of sp³-hybridized carbons (Fsp3) is 0.500. The van der Waals surface area contributed by atoms with Crippen molar-refractivity contribution in [3.63, 3.8) is 0 Å². The predicted molar refractivity (Wildman–Crippen MR) is 72.7 cm³/mol. The minimum absolute atomic E-state index is 0.107. The van der Waals surface area contributed by atoms with Gasteiger partial charge in [-0.3, -0.25) is 14.1 Å². The number of rotatable bonds is 4. The minimum atomic E-state index is -0.107. The number of thiazole rings is 1. The summed E-state index contributed by atoms with van der Waals surface area (Å²) in [5, 5.41) is 4.85. The molecule has 0 spiro atoms. The van der Waals surface area contributed by atoms with E-state index in [1.54, 1.807) is 6.20 Å². The molecule has 0 aliphatic carbocycles. The largest absolute Gasteiger partial charge is 0.379 e. The molecule has 1 fully saturated rings. The Balaban J connectivity index is 1.49. The number of ether oxygens (including phenoxy) is 1. The number of fused-ring (bicyclic) bond motifs is 1. The van der Waals surface area contributed by atoms with Gasteiger partial charge in [0.05, 0.1) is 13.2 Å². The van der Waals surface area contributed by atoms with Gasteiger partial charge < -0.3 is 10.1 Å². The number of morpholine rings is 1. The molecule has 1 aliphatic rings. The second-order valence-electron chi connectivity index (χ2n) is 4.43. The van der Waals surface area contributed by atoms with Crippen molar-refractivity contribution in [3.8, 4) is 0 Å². The summed E-state index contributed by atoms with van der Waals surface area (Å²) in [7, 11) is 0. The van der Waals surface area contributed by atoms with Crippen LogP contribution in [0.15, 0.2) is 17.8 Å². The maximum atomic E-state index is 11.9. The average Bonchev–Trinajstić information content (AvgIpc) is 3.00. The van der Waals surface area contributed by atoms with Gasteiger partial charge >= 0.3 is 0 Å². The number of hydrogen-bond acceptors (Lipinski definition) is 5. The lowest BCUT2D eigenvalue weighted by Gasteiger charge is -2.26. The van der Waals surface area contributed by atoms with E-state index in [0.717, 1.165) is 37.8 Å². The summed E-state index contributed by atoms with van der Waals surface area (Å²) in [6.07, 6.45) is 3.66. The fourth-order valence-electron chi connectivity index (χ4n) is 2.08. The summed E-state index contributed by atoms with van der Waals surface area (Å²) in [5.74, 6) is -0.107. The number of amides is 1. The van der Waals surface area contributed by atoms with Crippen molar-refractivity contribution < 1.29 is 9.53 Å². The normalized spacial score (nSPS) is 16.8. The third-order valence-corrected chi connectivity index (χ3v) is 3.91. The number of carbonyl (C=O) groups is 1. The zero-order valence-corrected chi connectivity index (χ0v) is 11.4. The van der Waals surface area contributed by atoms with E-state index in [-0.39, 0.29) is 5.91 Å². The van der Waals surface area contributed by atoms with Crippen LogP contribution in [-0.4, -0.2) is 59.6 Å². The van der Waals surface area contributed by atoms with Gasteiger partial charge in [-0.1, -0.05) is 0 Å². The molecular weight excluding hydrogens is 264 g/mol. The van der Waals surface area contributed by atoms with Gasteiger partial charge in [0.15, 0.2) is 4.96 Å². The minimum Gasteiger partial charge on any atom is -0.379 e. The molecule has 1 saturated heterocycles. The quantitative estimate of drug-likeness (QED) is 0.884. The van der Waals surface area contributed by atoms with Crippen molar-refractivity contribution in [2.75, 3.05) is 39.4 Å². The lowest BCUT2D eigenvalue weighted by molar-refractivity contribution is 0.0383. The van der Waals surface area contributed by atoms with Crippen LogP contribution in [0, 0.1) is 0 Å². The first kappa shape index (κ1) is 12.6. The number of imidazole rings is 1. The second kappa shape index (κ2) is 5.68. The lowest BCUT2D eigenvalue weighted by Crippen LogP contribution is -2.41. The van der Waals surface area contributed by atoms with E-state index in [2.05, 4.69) is 15.2 Å². The van der Waals surface area contributed by atoms with Crippen LogP contribution in [0.3, 0.4) is 0 Å². The number of nitrogens with one attached hydrogen (secondary N) is 1. The highest BCUT2D eigenvalue weighted by molar-refractivity contribution is 7.15. The van der Waals surface area contributed by atoms with Crippen LogP contribution in [-0.2, 0) is 4.74 Å². The molecule has 7 heteroatoms. The van der Waals surface area contributed by atoms with E-state index in [9.17, 15) is 4.79 Å². The van der Waals surface area contributed by atoms with Gasteiger partial charge in [0, 0.05) is 44.0 Å². The standard InChI is InChI=1S/C12H16N4O2S/c17-11(10-9-16-5-8-19-12(16)14-10)13-1-2-15-3-6-18-7-4-15/h5,8-9H,1-4,6-7H2,(H,13,17). The molecule has 0 aromatic carbocycles. The summed E-state index contributed by atoms with van der Waals surface area (Å²) in [6.45, 7) is 4.95. The highest BCUT2D eigenvalue weighted by Crippen LogP contribution is 2.11. The van der Waals surface area contributed by atoms with E-state index in [1.165, 1.54) is 11.3 Å². The Hall–Kier alpha value is -1.44. The Morgan fingerprint density at radius 2 is 2.32 bits per heavy atom. The third-order valence-electron chi connectivity index (χ3n) is 3.14. The molecular formula is C12H16N4O2S. The lowest BCUT2D eigenvalue weighted by atomic mass is 10.4. The van der Waals surface area contributed by atoms with E-state index in [1.807, 2.05) is 16.0 Å². The Morgan fingerprint density at radius 3 is 3.11 bits per heavy atom. The maximum Gasteiger partial charge on any atom is 0.271 e. The maximum absolute atomic E-state index is 11.9.